The number of rotatable bonds is 7. The van der Waals surface area contributed by atoms with E-state index in [0.717, 1.165) is 12.8 Å². The molecule has 0 aliphatic heterocycles. The molecule has 1 heterocycles. The van der Waals surface area contributed by atoms with Gasteiger partial charge in [0.05, 0.1) is 0 Å². The van der Waals surface area contributed by atoms with E-state index in [1.807, 2.05) is 27.7 Å². The van der Waals surface area contributed by atoms with Gasteiger partial charge in [0.2, 0.25) is 5.91 Å². The number of hydrogen-bond acceptors (Lipinski definition) is 4. The Labute approximate surface area is 153 Å². The Morgan fingerprint density at radius 3 is 2.54 bits per heavy atom. The largest absolute Gasteiger partial charge is 0.383 e. The second kappa shape index (κ2) is 8.38. The van der Waals surface area contributed by atoms with Crippen molar-refractivity contribution < 1.29 is 4.79 Å². The van der Waals surface area contributed by atoms with Crippen LogP contribution in [0.4, 0.5) is 11.5 Å². The normalized spacial score (nSPS) is 16.6. The Morgan fingerprint density at radius 2 is 2.00 bits per heavy atom. The number of nitrogens with one attached hydrogen (secondary N) is 1. The summed E-state index contributed by atoms with van der Waals surface area (Å²) in [4.78, 5) is 41.4. The molecular weight excluding hydrogens is 332 g/mol. The lowest BCUT2D eigenvalue weighted by molar-refractivity contribution is -0.119. The summed E-state index contributed by atoms with van der Waals surface area (Å²) < 4.78 is 1.34. The number of amides is 1. The number of carbonyl (C=O) groups is 1. The van der Waals surface area contributed by atoms with Crippen LogP contribution in [-0.4, -0.2) is 22.0 Å². The predicted octanol–water partition coefficient (Wildman–Crippen LogP) is 2.12. The third-order valence-electron chi connectivity index (χ3n) is 4.43. The molecule has 0 aromatic carbocycles. The highest BCUT2D eigenvalue weighted by Gasteiger charge is 2.27. The second-order valence-corrected chi connectivity index (χ2v) is 7.87. The maximum absolute atomic E-state index is 13.0. The molecule has 0 saturated heterocycles. The van der Waals surface area contributed by atoms with Gasteiger partial charge >= 0.3 is 5.69 Å². The van der Waals surface area contributed by atoms with Crippen molar-refractivity contribution in [1.82, 2.24) is 9.55 Å². The molecule has 3 N–H and O–H groups in total. The van der Waals surface area contributed by atoms with Gasteiger partial charge in [-0.3, -0.25) is 19.1 Å². The van der Waals surface area contributed by atoms with Gasteiger partial charge in [-0.15, -0.1) is 0 Å². The molecule has 1 aliphatic carbocycles. The summed E-state index contributed by atoms with van der Waals surface area (Å²) in [5.74, 6) is 0.443. The molecule has 1 unspecified atom stereocenters. The van der Waals surface area contributed by atoms with Crippen molar-refractivity contribution in [2.75, 3.05) is 17.2 Å². The monoisotopic (exact) mass is 362 g/mol. The summed E-state index contributed by atoms with van der Waals surface area (Å²) in [6.07, 6.45) is 6.39. The molecule has 0 saturated carbocycles. The van der Waals surface area contributed by atoms with E-state index < -0.39 is 11.2 Å². The second-order valence-electron chi connectivity index (χ2n) is 7.87. The van der Waals surface area contributed by atoms with E-state index in [-0.39, 0.29) is 35.2 Å². The van der Waals surface area contributed by atoms with E-state index in [1.165, 1.54) is 9.47 Å². The molecule has 0 spiro atoms. The number of nitrogens with zero attached hydrogens (tertiary/aromatic N) is 2. The first-order valence-electron chi connectivity index (χ1n) is 9.30. The minimum atomic E-state index is -0.608. The molecule has 0 radical (unpaired) electrons. The van der Waals surface area contributed by atoms with E-state index in [2.05, 4.69) is 17.1 Å². The number of aromatic amines is 1. The number of anilines is 2. The quantitative estimate of drug-likeness (QED) is 0.725. The lowest BCUT2D eigenvalue weighted by Crippen LogP contribution is -2.43. The molecule has 0 fully saturated rings. The summed E-state index contributed by atoms with van der Waals surface area (Å²) in [6.45, 7) is 8.63. The minimum absolute atomic E-state index is 0.0587. The van der Waals surface area contributed by atoms with Gasteiger partial charge in [0.1, 0.15) is 5.82 Å². The number of H-pyrrole nitrogens is 1. The number of hydrogen-bond donors (Lipinski definition) is 2. The standard InChI is InChI=1S/C19H30N4O3/c1-12(2)10-22(15(24)9-14-7-5-6-8-14)16-17(20)23(11-13(3)4)19(26)21-18(16)25/h5,7,12-14H,6,8-11,20H2,1-4H3,(H,21,25,26). The van der Waals surface area contributed by atoms with Crippen LogP contribution in [0.2, 0.25) is 0 Å². The minimum Gasteiger partial charge on any atom is -0.383 e. The Balaban J connectivity index is 2.46. The molecule has 7 heteroatoms. The number of nitrogen functional groups attached to an aromatic ring is 1. The van der Waals surface area contributed by atoms with Gasteiger partial charge in [-0.05, 0) is 30.6 Å². The molecular formula is C19H30N4O3. The summed E-state index contributed by atoms with van der Waals surface area (Å²) in [7, 11) is 0. The molecule has 1 aromatic heterocycles. The number of nitrogens with two attached hydrogens (primary N) is 1. The zero-order valence-corrected chi connectivity index (χ0v) is 16.1. The first kappa shape index (κ1) is 20.0. The number of aromatic nitrogens is 2. The van der Waals surface area contributed by atoms with Crippen molar-refractivity contribution in [1.29, 1.82) is 0 Å². The highest BCUT2D eigenvalue weighted by Crippen LogP contribution is 2.25. The van der Waals surface area contributed by atoms with Crippen LogP contribution >= 0.6 is 0 Å². The smallest absolute Gasteiger partial charge is 0.330 e. The molecule has 26 heavy (non-hydrogen) atoms. The fraction of sp³-hybridized carbons (Fsp3) is 0.632. The van der Waals surface area contributed by atoms with Gasteiger partial charge in [-0.2, -0.15) is 0 Å². The first-order chi connectivity index (χ1) is 12.2. The summed E-state index contributed by atoms with van der Waals surface area (Å²) in [5, 5.41) is 0. The van der Waals surface area contributed by atoms with Gasteiger partial charge < -0.3 is 10.6 Å². The molecule has 1 aliphatic rings. The van der Waals surface area contributed by atoms with Crippen LogP contribution in [0.3, 0.4) is 0 Å². The molecule has 1 atom stereocenters. The van der Waals surface area contributed by atoms with Crippen molar-refractivity contribution >= 4 is 17.4 Å². The Kier molecular flexibility index (Phi) is 6.45. The Hall–Kier alpha value is -2.31. The highest BCUT2D eigenvalue weighted by molar-refractivity contribution is 5.95. The lowest BCUT2D eigenvalue weighted by Gasteiger charge is -2.27. The average Bonchev–Trinajstić information content (AvgIpc) is 3.02. The van der Waals surface area contributed by atoms with Crippen molar-refractivity contribution in [3.8, 4) is 0 Å². The van der Waals surface area contributed by atoms with Crippen molar-refractivity contribution in [3.05, 3.63) is 33.0 Å². The Morgan fingerprint density at radius 1 is 1.31 bits per heavy atom. The molecule has 1 aromatic rings. The van der Waals surface area contributed by atoms with Crippen LogP contribution in [0.15, 0.2) is 21.7 Å². The van der Waals surface area contributed by atoms with Crippen LogP contribution in [0.1, 0.15) is 47.0 Å². The van der Waals surface area contributed by atoms with Gasteiger partial charge in [0.25, 0.3) is 5.56 Å². The predicted molar refractivity (Wildman–Crippen MR) is 104 cm³/mol. The molecule has 2 rings (SSSR count). The molecule has 7 nitrogen and oxygen atoms in total. The number of carbonyl (C=O) groups excluding carboxylic acids is 1. The van der Waals surface area contributed by atoms with Gasteiger partial charge in [0, 0.05) is 19.5 Å². The van der Waals surface area contributed by atoms with E-state index >= 15 is 0 Å². The summed E-state index contributed by atoms with van der Waals surface area (Å²) in [5.41, 5.74) is 5.13. The Bertz CT molecular complexity index is 789. The maximum atomic E-state index is 13.0. The summed E-state index contributed by atoms with van der Waals surface area (Å²) >= 11 is 0. The van der Waals surface area contributed by atoms with Crippen molar-refractivity contribution in [3.63, 3.8) is 0 Å². The van der Waals surface area contributed by atoms with Gasteiger partial charge in [-0.25, -0.2) is 4.79 Å². The third kappa shape index (κ3) is 4.65. The SMILES string of the molecule is CC(C)CN(C(=O)CC1C=CCC1)c1c(N)n(CC(C)C)c(=O)[nH]c1=O. The van der Waals surface area contributed by atoms with E-state index in [0.29, 0.717) is 19.5 Å². The van der Waals surface area contributed by atoms with Crippen LogP contribution in [0.5, 0.6) is 0 Å². The van der Waals surface area contributed by atoms with E-state index in [4.69, 9.17) is 5.73 Å². The van der Waals surface area contributed by atoms with Crippen molar-refractivity contribution in [2.24, 2.45) is 17.8 Å². The van der Waals surface area contributed by atoms with Gasteiger partial charge in [0.15, 0.2) is 5.69 Å². The van der Waals surface area contributed by atoms with E-state index in [9.17, 15) is 14.4 Å². The topological polar surface area (TPSA) is 101 Å². The molecule has 1 amide bonds. The highest BCUT2D eigenvalue weighted by atomic mass is 16.2. The molecule has 0 bridgehead atoms. The van der Waals surface area contributed by atoms with Crippen LogP contribution in [-0.2, 0) is 11.3 Å². The van der Waals surface area contributed by atoms with Gasteiger partial charge in [-0.1, -0.05) is 39.8 Å². The zero-order chi connectivity index (χ0) is 19.4. The fourth-order valence-electron chi connectivity index (χ4n) is 3.27. The first-order valence-corrected chi connectivity index (χ1v) is 9.30. The maximum Gasteiger partial charge on any atom is 0.330 e. The summed E-state index contributed by atoms with van der Waals surface area (Å²) in [6, 6.07) is 0. The zero-order valence-electron chi connectivity index (χ0n) is 16.1. The van der Waals surface area contributed by atoms with Crippen molar-refractivity contribution in [2.45, 2.75) is 53.5 Å². The lowest BCUT2D eigenvalue weighted by atomic mass is 10.0. The van der Waals surface area contributed by atoms with E-state index in [1.54, 1.807) is 0 Å². The van der Waals surface area contributed by atoms with Crippen LogP contribution in [0, 0.1) is 17.8 Å². The average molecular weight is 362 g/mol. The molecule has 144 valence electrons. The van der Waals surface area contributed by atoms with Crippen LogP contribution in [0.25, 0.3) is 0 Å². The third-order valence-corrected chi connectivity index (χ3v) is 4.43. The number of allylic oxidation sites excluding steroid dienone is 2. The fourth-order valence-corrected chi connectivity index (χ4v) is 3.27. The van der Waals surface area contributed by atoms with Crippen LogP contribution < -0.4 is 21.9 Å².